The average molecular weight is 459 g/mol. The highest BCUT2D eigenvalue weighted by Gasteiger charge is 2.21. The van der Waals surface area contributed by atoms with Crippen molar-refractivity contribution >= 4 is 23.5 Å². The third-order valence-corrected chi connectivity index (χ3v) is 6.30. The van der Waals surface area contributed by atoms with E-state index in [1.165, 1.54) is 0 Å². The number of rotatable bonds is 15. The van der Waals surface area contributed by atoms with Crippen molar-refractivity contribution in [3.05, 3.63) is 59.5 Å². The molecule has 0 fully saturated rings. The Morgan fingerprint density at radius 2 is 1.88 bits per heavy atom. The number of Topliss-reactive ketones (excluding diaryl/α,β-unsaturated/α-hetero) is 1. The van der Waals surface area contributed by atoms with Gasteiger partial charge in [-0.25, -0.2) is 0 Å². The van der Waals surface area contributed by atoms with E-state index in [1.54, 1.807) is 18.0 Å². The first-order chi connectivity index (χ1) is 15.4. The van der Waals surface area contributed by atoms with E-state index in [1.807, 2.05) is 43.3 Å². The Kier molecular flexibility index (Phi) is 11.6. The van der Waals surface area contributed by atoms with E-state index in [0.717, 1.165) is 37.0 Å². The molecule has 0 saturated heterocycles. The molecule has 2 N–H and O–H groups in total. The van der Waals surface area contributed by atoms with Crippen molar-refractivity contribution in [3.8, 4) is 0 Å². The van der Waals surface area contributed by atoms with Crippen LogP contribution in [0.4, 0.5) is 0 Å². The summed E-state index contributed by atoms with van der Waals surface area (Å²) in [4.78, 5) is 25.6. The summed E-state index contributed by atoms with van der Waals surface area (Å²) in [6, 6.07) is 11.2. The van der Waals surface area contributed by atoms with E-state index in [0.29, 0.717) is 29.5 Å². The van der Waals surface area contributed by atoms with Gasteiger partial charge >= 0.3 is 0 Å². The summed E-state index contributed by atoms with van der Waals surface area (Å²) in [7, 11) is 0. The molecule has 2 unspecified atom stereocenters. The first kappa shape index (κ1) is 26.2. The van der Waals surface area contributed by atoms with Gasteiger partial charge in [0.1, 0.15) is 5.76 Å². The van der Waals surface area contributed by atoms with E-state index in [2.05, 4.69) is 31.4 Å². The van der Waals surface area contributed by atoms with Crippen LogP contribution in [-0.2, 0) is 10.5 Å². The van der Waals surface area contributed by atoms with Crippen LogP contribution >= 0.6 is 11.8 Å². The van der Waals surface area contributed by atoms with Crippen LogP contribution in [0.2, 0.25) is 0 Å². The van der Waals surface area contributed by atoms with Gasteiger partial charge in [-0.1, -0.05) is 51.3 Å². The molecule has 32 heavy (non-hydrogen) atoms. The minimum atomic E-state index is -0.190. The highest BCUT2D eigenvalue weighted by Crippen LogP contribution is 2.15. The van der Waals surface area contributed by atoms with E-state index < -0.39 is 0 Å². The lowest BCUT2D eigenvalue weighted by Crippen LogP contribution is -2.48. The molecule has 1 heterocycles. The SMILES string of the molecule is CCCCC(NCC(CC(C)C)NC(=O)c1ccc(C)cc1)C(=O)CSCc1ccco1. The molecule has 1 aromatic carbocycles. The molecule has 0 aliphatic carbocycles. The van der Waals surface area contributed by atoms with Crippen molar-refractivity contribution in [1.29, 1.82) is 0 Å². The molecule has 176 valence electrons. The molecule has 2 aromatic rings. The Balaban J connectivity index is 1.92. The number of thioether (sulfide) groups is 1. The molecule has 0 bridgehead atoms. The maximum atomic E-state index is 12.9. The van der Waals surface area contributed by atoms with E-state index in [-0.39, 0.29) is 23.8 Å². The van der Waals surface area contributed by atoms with Crippen molar-refractivity contribution in [2.45, 2.75) is 71.2 Å². The number of benzene rings is 1. The Morgan fingerprint density at radius 1 is 1.12 bits per heavy atom. The molecule has 0 saturated carbocycles. The quantitative estimate of drug-likeness (QED) is 0.375. The van der Waals surface area contributed by atoms with E-state index in [9.17, 15) is 9.59 Å². The fraction of sp³-hybridized carbons (Fsp3) is 0.538. The first-order valence-electron chi connectivity index (χ1n) is 11.6. The minimum Gasteiger partial charge on any atom is -0.468 e. The van der Waals surface area contributed by atoms with Crippen molar-refractivity contribution < 1.29 is 14.0 Å². The fourth-order valence-electron chi connectivity index (χ4n) is 3.55. The van der Waals surface area contributed by atoms with Gasteiger partial charge < -0.3 is 15.1 Å². The van der Waals surface area contributed by atoms with Crippen LogP contribution in [0.3, 0.4) is 0 Å². The number of hydrogen-bond donors (Lipinski definition) is 2. The number of hydrogen-bond acceptors (Lipinski definition) is 5. The summed E-state index contributed by atoms with van der Waals surface area (Å²) < 4.78 is 5.35. The number of amides is 1. The molecule has 1 amide bonds. The van der Waals surface area contributed by atoms with Gasteiger partial charge in [-0.05, 0) is 49.9 Å². The lowest BCUT2D eigenvalue weighted by Gasteiger charge is -2.25. The second kappa shape index (κ2) is 14.2. The minimum absolute atomic E-state index is 0.0310. The zero-order valence-corrected chi connectivity index (χ0v) is 20.7. The molecule has 1 aromatic heterocycles. The Hall–Kier alpha value is -2.05. The van der Waals surface area contributed by atoms with Crippen LogP contribution in [0, 0.1) is 12.8 Å². The standard InChI is InChI=1S/C26H38N2O3S/c1-5-6-9-24(25(29)18-32-17-23-8-7-14-31-23)27-16-22(15-19(2)3)28-26(30)21-12-10-20(4)11-13-21/h7-8,10-14,19,22,24,27H,5-6,9,15-18H2,1-4H3,(H,28,30). The summed E-state index contributed by atoms with van der Waals surface area (Å²) in [6.07, 6.45) is 5.37. The highest BCUT2D eigenvalue weighted by atomic mass is 32.2. The number of carbonyl (C=O) groups excluding carboxylic acids is 2. The molecular weight excluding hydrogens is 420 g/mol. The van der Waals surface area contributed by atoms with Gasteiger partial charge in [0.15, 0.2) is 5.78 Å². The Labute approximate surface area is 197 Å². The lowest BCUT2D eigenvalue weighted by molar-refractivity contribution is -0.118. The number of aryl methyl sites for hydroxylation is 1. The largest absolute Gasteiger partial charge is 0.468 e. The van der Waals surface area contributed by atoms with Gasteiger partial charge in [-0.2, -0.15) is 0 Å². The summed E-state index contributed by atoms with van der Waals surface area (Å²) in [5.41, 5.74) is 1.79. The van der Waals surface area contributed by atoms with Crippen LogP contribution in [0.25, 0.3) is 0 Å². The number of nitrogens with one attached hydrogen (secondary N) is 2. The molecule has 0 spiro atoms. The summed E-state index contributed by atoms with van der Waals surface area (Å²) in [5.74, 6) is 2.62. The topological polar surface area (TPSA) is 71.3 Å². The number of carbonyl (C=O) groups is 2. The number of ketones is 1. The fourth-order valence-corrected chi connectivity index (χ4v) is 4.42. The van der Waals surface area contributed by atoms with Gasteiger partial charge in [-0.3, -0.25) is 9.59 Å². The third kappa shape index (κ3) is 9.61. The molecule has 0 aliphatic rings. The van der Waals surface area contributed by atoms with E-state index in [4.69, 9.17) is 4.42 Å². The average Bonchev–Trinajstić information content (AvgIpc) is 3.27. The predicted octanol–water partition coefficient (Wildman–Crippen LogP) is 5.38. The molecule has 6 heteroatoms. The smallest absolute Gasteiger partial charge is 0.251 e. The van der Waals surface area contributed by atoms with Crippen LogP contribution in [-0.4, -0.2) is 36.1 Å². The normalized spacial score (nSPS) is 13.2. The molecule has 5 nitrogen and oxygen atoms in total. The van der Waals surface area contributed by atoms with Crippen molar-refractivity contribution in [2.24, 2.45) is 5.92 Å². The molecule has 0 radical (unpaired) electrons. The number of furan rings is 1. The van der Waals surface area contributed by atoms with Gasteiger partial charge in [0.05, 0.1) is 23.8 Å². The van der Waals surface area contributed by atoms with Crippen LogP contribution < -0.4 is 10.6 Å². The maximum Gasteiger partial charge on any atom is 0.251 e. The Bertz CT molecular complexity index is 803. The summed E-state index contributed by atoms with van der Waals surface area (Å²) in [5, 5.41) is 6.63. The van der Waals surface area contributed by atoms with Crippen molar-refractivity contribution in [3.63, 3.8) is 0 Å². The van der Waals surface area contributed by atoms with Gasteiger partial charge in [-0.15, -0.1) is 11.8 Å². The number of unbranched alkanes of at least 4 members (excludes halogenated alkanes) is 1. The van der Waals surface area contributed by atoms with Crippen LogP contribution in [0.1, 0.15) is 68.1 Å². The molecular formula is C26H38N2O3S. The first-order valence-corrected chi connectivity index (χ1v) is 12.8. The van der Waals surface area contributed by atoms with Crippen LogP contribution in [0.5, 0.6) is 0 Å². The second-order valence-electron chi connectivity index (χ2n) is 8.81. The maximum absolute atomic E-state index is 12.9. The lowest BCUT2D eigenvalue weighted by atomic mass is 10.0. The summed E-state index contributed by atoms with van der Waals surface area (Å²) in [6.45, 7) is 9.02. The van der Waals surface area contributed by atoms with Crippen molar-refractivity contribution in [2.75, 3.05) is 12.3 Å². The second-order valence-corrected chi connectivity index (χ2v) is 9.79. The van der Waals surface area contributed by atoms with E-state index >= 15 is 0 Å². The molecule has 0 aliphatic heterocycles. The predicted molar refractivity (Wildman–Crippen MR) is 133 cm³/mol. The van der Waals surface area contributed by atoms with Gasteiger partial charge in [0.25, 0.3) is 5.91 Å². The molecule has 2 atom stereocenters. The highest BCUT2D eigenvalue weighted by molar-refractivity contribution is 7.99. The van der Waals surface area contributed by atoms with Crippen LogP contribution in [0.15, 0.2) is 47.1 Å². The zero-order valence-electron chi connectivity index (χ0n) is 19.9. The Morgan fingerprint density at radius 3 is 2.50 bits per heavy atom. The third-order valence-electron chi connectivity index (χ3n) is 5.32. The van der Waals surface area contributed by atoms with Gasteiger partial charge in [0, 0.05) is 18.2 Å². The molecule has 2 rings (SSSR count). The van der Waals surface area contributed by atoms with Gasteiger partial charge in [0.2, 0.25) is 0 Å². The monoisotopic (exact) mass is 458 g/mol. The van der Waals surface area contributed by atoms with Crippen molar-refractivity contribution in [1.82, 2.24) is 10.6 Å². The zero-order chi connectivity index (χ0) is 23.3. The summed E-state index contributed by atoms with van der Waals surface area (Å²) >= 11 is 1.58.